The van der Waals surface area contributed by atoms with Gasteiger partial charge in [-0.15, -0.1) is 0 Å². The summed E-state index contributed by atoms with van der Waals surface area (Å²) in [5.41, 5.74) is 4.00. The Labute approximate surface area is 140 Å². The van der Waals surface area contributed by atoms with Crippen molar-refractivity contribution in [1.29, 1.82) is 5.26 Å². The number of benzene rings is 2. The molecule has 5 heteroatoms. The van der Waals surface area contributed by atoms with Crippen LogP contribution in [0.5, 0.6) is 5.75 Å². The van der Waals surface area contributed by atoms with E-state index >= 15 is 0 Å². The molecule has 120 valence electrons. The lowest BCUT2D eigenvalue weighted by atomic mass is 10.1. The molecule has 0 aliphatic carbocycles. The summed E-state index contributed by atoms with van der Waals surface area (Å²) < 4.78 is 7.41. The fourth-order valence-corrected chi connectivity index (χ4v) is 3.02. The number of carbonyl (C=O) groups excluding carboxylic acids is 1. The molecule has 0 saturated heterocycles. The molecule has 3 rings (SSSR count). The Morgan fingerprint density at radius 3 is 2.79 bits per heavy atom. The van der Waals surface area contributed by atoms with Crippen LogP contribution in [0.2, 0.25) is 0 Å². The summed E-state index contributed by atoms with van der Waals surface area (Å²) in [6.45, 7) is 2.75. The molecule has 1 aromatic heterocycles. The minimum absolute atomic E-state index is 0.623. The number of rotatable bonds is 5. The van der Waals surface area contributed by atoms with Crippen LogP contribution in [0.4, 0.5) is 5.69 Å². The maximum atomic E-state index is 10.7. The Hall–Kier alpha value is -3.26. The Balaban J connectivity index is 2.32. The van der Waals surface area contributed by atoms with E-state index in [4.69, 9.17) is 4.74 Å². The molecule has 0 unspecified atom stereocenters. The van der Waals surface area contributed by atoms with Gasteiger partial charge in [0.2, 0.25) is 6.41 Å². The highest BCUT2D eigenvalue weighted by molar-refractivity contribution is 5.95. The molecule has 0 aliphatic rings. The Kier molecular flexibility index (Phi) is 4.21. The van der Waals surface area contributed by atoms with Gasteiger partial charge in [-0.25, -0.2) is 0 Å². The Morgan fingerprint density at radius 1 is 1.29 bits per heavy atom. The lowest BCUT2D eigenvalue weighted by molar-refractivity contribution is -0.105. The third-order valence-corrected chi connectivity index (χ3v) is 4.06. The van der Waals surface area contributed by atoms with Crippen LogP contribution < -0.4 is 10.1 Å². The topological polar surface area (TPSA) is 67.0 Å². The number of aromatic nitrogens is 1. The molecule has 1 amide bonds. The molecule has 1 N–H and O–H groups in total. The minimum atomic E-state index is 0.623. The van der Waals surface area contributed by atoms with Gasteiger partial charge in [-0.3, -0.25) is 4.79 Å². The molecular weight excluding hydrogens is 302 g/mol. The van der Waals surface area contributed by atoms with Crippen molar-refractivity contribution in [1.82, 2.24) is 4.57 Å². The van der Waals surface area contributed by atoms with Crippen molar-refractivity contribution in [2.75, 3.05) is 12.4 Å². The van der Waals surface area contributed by atoms with Gasteiger partial charge in [0.25, 0.3) is 0 Å². The molecule has 3 aromatic rings. The SMILES string of the molecule is CCn1c(-c2cccc(NC=O)c2)c(C#N)c2ccc(OC)cc21. The highest BCUT2D eigenvalue weighted by Crippen LogP contribution is 2.35. The van der Waals surface area contributed by atoms with E-state index in [1.54, 1.807) is 7.11 Å². The Bertz CT molecular complexity index is 951. The molecule has 2 aromatic carbocycles. The van der Waals surface area contributed by atoms with E-state index in [9.17, 15) is 10.1 Å². The van der Waals surface area contributed by atoms with Gasteiger partial charge in [-0.2, -0.15) is 5.26 Å². The fourth-order valence-electron chi connectivity index (χ4n) is 3.02. The van der Waals surface area contributed by atoms with Gasteiger partial charge in [0.1, 0.15) is 11.8 Å². The summed E-state index contributed by atoms with van der Waals surface area (Å²) in [6, 6.07) is 15.5. The van der Waals surface area contributed by atoms with Crippen molar-refractivity contribution in [3.05, 3.63) is 48.0 Å². The molecule has 0 radical (unpaired) electrons. The number of aryl methyl sites for hydroxylation is 1. The number of hydrogen-bond donors (Lipinski definition) is 1. The zero-order valence-electron chi connectivity index (χ0n) is 13.5. The number of nitriles is 1. The molecule has 0 spiro atoms. The molecule has 0 aliphatic heterocycles. The first-order valence-corrected chi connectivity index (χ1v) is 7.64. The molecule has 0 atom stereocenters. The van der Waals surface area contributed by atoms with Crippen LogP contribution in [0.1, 0.15) is 12.5 Å². The van der Waals surface area contributed by atoms with E-state index in [-0.39, 0.29) is 0 Å². The van der Waals surface area contributed by atoms with E-state index in [1.807, 2.05) is 49.4 Å². The number of fused-ring (bicyclic) bond motifs is 1. The summed E-state index contributed by atoms with van der Waals surface area (Å²) in [6.07, 6.45) is 0.643. The average molecular weight is 319 g/mol. The molecule has 24 heavy (non-hydrogen) atoms. The van der Waals surface area contributed by atoms with Gasteiger partial charge in [0.15, 0.2) is 0 Å². The Morgan fingerprint density at radius 2 is 2.12 bits per heavy atom. The summed E-state index contributed by atoms with van der Waals surface area (Å²) in [4.78, 5) is 10.7. The van der Waals surface area contributed by atoms with Gasteiger partial charge in [-0.05, 0) is 31.2 Å². The van der Waals surface area contributed by atoms with Gasteiger partial charge < -0.3 is 14.6 Å². The van der Waals surface area contributed by atoms with Crippen LogP contribution in [-0.2, 0) is 11.3 Å². The summed E-state index contributed by atoms with van der Waals surface area (Å²) in [7, 11) is 1.63. The number of nitrogens with one attached hydrogen (secondary N) is 1. The summed E-state index contributed by atoms with van der Waals surface area (Å²) >= 11 is 0. The summed E-state index contributed by atoms with van der Waals surface area (Å²) in [5.74, 6) is 0.752. The predicted molar refractivity (Wildman–Crippen MR) is 94.0 cm³/mol. The van der Waals surface area contributed by atoms with Crippen molar-refractivity contribution in [3.63, 3.8) is 0 Å². The van der Waals surface area contributed by atoms with Crippen LogP contribution in [0.15, 0.2) is 42.5 Å². The van der Waals surface area contributed by atoms with Crippen LogP contribution in [0.3, 0.4) is 0 Å². The monoisotopic (exact) mass is 319 g/mol. The fraction of sp³-hybridized carbons (Fsp3) is 0.158. The highest BCUT2D eigenvalue weighted by atomic mass is 16.5. The van der Waals surface area contributed by atoms with E-state index in [0.29, 0.717) is 24.2 Å². The quantitative estimate of drug-likeness (QED) is 0.728. The second-order valence-electron chi connectivity index (χ2n) is 5.31. The van der Waals surface area contributed by atoms with Gasteiger partial charge in [0.05, 0.1) is 23.9 Å². The van der Waals surface area contributed by atoms with Crippen LogP contribution >= 0.6 is 0 Å². The smallest absolute Gasteiger partial charge is 0.211 e. The van der Waals surface area contributed by atoms with E-state index in [0.717, 1.165) is 27.9 Å². The second kappa shape index (κ2) is 6.47. The van der Waals surface area contributed by atoms with Crippen molar-refractivity contribution in [2.24, 2.45) is 0 Å². The maximum Gasteiger partial charge on any atom is 0.211 e. The predicted octanol–water partition coefficient (Wildman–Crippen LogP) is 3.78. The van der Waals surface area contributed by atoms with E-state index in [1.165, 1.54) is 0 Å². The summed E-state index contributed by atoms with van der Waals surface area (Å²) in [5, 5.41) is 13.3. The van der Waals surface area contributed by atoms with Crippen molar-refractivity contribution in [2.45, 2.75) is 13.5 Å². The zero-order chi connectivity index (χ0) is 17.1. The molecule has 0 saturated carbocycles. The van der Waals surface area contributed by atoms with Crippen molar-refractivity contribution < 1.29 is 9.53 Å². The van der Waals surface area contributed by atoms with Crippen LogP contribution in [0.25, 0.3) is 22.2 Å². The maximum absolute atomic E-state index is 10.7. The van der Waals surface area contributed by atoms with Crippen molar-refractivity contribution >= 4 is 23.0 Å². The van der Waals surface area contributed by atoms with Gasteiger partial charge in [-0.1, -0.05) is 12.1 Å². The van der Waals surface area contributed by atoms with E-state index < -0.39 is 0 Å². The van der Waals surface area contributed by atoms with E-state index in [2.05, 4.69) is 16.0 Å². The largest absolute Gasteiger partial charge is 0.497 e. The zero-order valence-corrected chi connectivity index (χ0v) is 13.5. The first kappa shape index (κ1) is 15.6. The molecular formula is C19H17N3O2. The van der Waals surface area contributed by atoms with Crippen LogP contribution in [0, 0.1) is 11.3 Å². The third kappa shape index (κ3) is 2.48. The normalized spacial score (nSPS) is 10.4. The lowest BCUT2D eigenvalue weighted by Gasteiger charge is -2.10. The van der Waals surface area contributed by atoms with Gasteiger partial charge in [0, 0.05) is 29.2 Å². The number of nitrogens with zero attached hydrogens (tertiary/aromatic N) is 2. The first-order chi connectivity index (χ1) is 11.7. The standard InChI is InChI=1S/C19H17N3O2/c1-3-22-18-10-15(24-2)7-8-16(18)17(11-20)19(22)13-5-4-6-14(9-13)21-12-23/h4-10,12H,3H2,1-2H3,(H,21,23). The second-order valence-corrected chi connectivity index (χ2v) is 5.31. The number of carbonyl (C=O) groups is 1. The molecule has 0 fully saturated rings. The number of amides is 1. The molecule has 1 heterocycles. The number of hydrogen-bond acceptors (Lipinski definition) is 3. The van der Waals surface area contributed by atoms with Crippen molar-refractivity contribution in [3.8, 4) is 23.1 Å². The number of ether oxygens (including phenoxy) is 1. The minimum Gasteiger partial charge on any atom is -0.497 e. The lowest BCUT2D eigenvalue weighted by Crippen LogP contribution is -1.99. The first-order valence-electron chi connectivity index (χ1n) is 7.64. The highest BCUT2D eigenvalue weighted by Gasteiger charge is 2.18. The third-order valence-electron chi connectivity index (χ3n) is 4.06. The number of anilines is 1. The molecule has 0 bridgehead atoms. The number of methoxy groups -OCH3 is 1. The average Bonchev–Trinajstić information content (AvgIpc) is 2.94. The van der Waals surface area contributed by atoms with Crippen LogP contribution in [-0.4, -0.2) is 18.1 Å². The molecule has 5 nitrogen and oxygen atoms in total. The van der Waals surface area contributed by atoms with Gasteiger partial charge >= 0.3 is 0 Å².